The molecule has 0 amide bonds. The van der Waals surface area contributed by atoms with Crippen LogP contribution < -0.4 is 16.7 Å². The van der Waals surface area contributed by atoms with Gasteiger partial charge < -0.3 is 0 Å². The molecule has 3 atom stereocenters. The van der Waals surface area contributed by atoms with Gasteiger partial charge in [0, 0.05) is 91.9 Å². The van der Waals surface area contributed by atoms with E-state index in [2.05, 4.69) is 30.2 Å². The molecule has 0 bridgehead atoms. The predicted molar refractivity (Wildman–Crippen MR) is 256 cm³/mol. The van der Waals surface area contributed by atoms with Crippen LogP contribution in [0.15, 0.2) is 88.4 Å². The maximum absolute atomic E-state index is 13.8. The van der Waals surface area contributed by atoms with Crippen LogP contribution in [-0.4, -0.2) is 75.3 Å². The molecule has 3 aliphatic rings. The van der Waals surface area contributed by atoms with Crippen molar-refractivity contribution in [2.75, 3.05) is 0 Å². The van der Waals surface area contributed by atoms with Crippen molar-refractivity contribution < 1.29 is 79.0 Å². The summed E-state index contributed by atoms with van der Waals surface area (Å²) in [5, 5.41) is 11.3. The van der Waals surface area contributed by atoms with Crippen LogP contribution in [0.25, 0.3) is 50.3 Å². The van der Waals surface area contributed by atoms with Crippen LogP contribution in [0, 0.1) is 56.0 Å². The Kier molecular flexibility index (Phi) is 14.0. The number of hydrogen-bond donors (Lipinski definition) is 0. The van der Waals surface area contributed by atoms with Gasteiger partial charge in [0.05, 0.1) is 53.9 Å². The van der Waals surface area contributed by atoms with E-state index < -0.39 is 122 Å². The molecule has 3 aliphatic carbocycles. The third-order valence-electron chi connectivity index (χ3n) is 14.0. The van der Waals surface area contributed by atoms with E-state index in [4.69, 9.17) is 0 Å². The van der Waals surface area contributed by atoms with Crippen LogP contribution in [0.1, 0.15) is 53.0 Å². The number of fused-ring (bicyclic) bond motifs is 3. The summed E-state index contributed by atoms with van der Waals surface area (Å²) in [6, 6.07) is 3.11. The van der Waals surface area contributed by atoms with Gasteiger partial charge in [0.15, 0.2) is 17.1 Å². The van der Waals surface area contributed by atoms with E-state index in [-0.39, 0.29) is 89.2 Å². The molecule has 84 heavy (non-hydrogen) atoms. The van der Waals surface area contributed by atoms with Crippen molar-refractivity contribution in [1.29, 1.82) is 0 Å². The van der Waals surface area contributed by atoms with Crippen LogP contribution in [0.4, 0.5) is 79.0 Å². The zero-order chi connectivity index (χ0) is 61.3. The van der Waals surface area contributed by atoms with Gasteiger partial charge in [-0.05, 0) is 55.7 Å². The van der Waals surface area contributed by atoms with Crippen LogP contribution in [-0.2, 0) is 38.2 Å². The average Bonchev–Trinajstić information content (AvgIpc) is 3.04. The van der Waals surface area contributed by atoms with Gasteiger partial charge in [-0.15, -0.1) is 0 Å². The number of pyridine rings is 3. The second-order valence-electron chi connectivity index (χ2n) is 20.4. The molecule has 444 valence electrons. The van der Waals surface area contributed by atoms with Crippen molar-refractivity contribution in [2.24, 2.45) is 17.8 Å². The lowest BCUT2D eigenvalue weighted by Gasteiger charge is -2.13. The fraction of sp³-hybridized carbons (Fsp3) is 0.353. The minimum Gasteiger partial charge on any atom is -0.272 e. The monoisotopic (exact) mass is 1210 g/mol. The normalized spacial score (nSPS) is 18.6. The zero-order valence-corrected chi connectivity index (χ0v) is 42.8. The molecule has 1 unspecified atom stereocenters. The number of aryl methyl sites for hydroxylation is 3. The summed E-state index contributed by atoms with van der Waals surface area (Å²) in [6.45, 7) is 3.43. The van der Waals surface area contributed by atoms with Gasteiger partial charge in [0.1, 0.15) is 34.4 Å². The molecule has 12 rings (SSSR count). The highest BCUT2D eigenvalue weighted by Crippen LogP contribution is 2.51. The minimum absolute atomic E-state index is 0.0333. The number of alkyl halides is 15. The number of halogens is 18. The van der Waals surface area contributed by atoms with Crippen molar-refractivity contribution >= 4 is 16.9 Å². The van der Waals surface area contributed by atoms with Crippen LogP contribution in [0.3, 0.4) is 0 Å². The standard InChI is InChI=1S/3C17H12F6N4O/c3*1-8-2-12-25-14(17(21,22)23)13(15(28)27(12)7-11(8)18)9-4-24-26(5-9)6-10-3-16(10,19)20/h3*2,4-5,7,10H,3,6H2,1H3/t2*10-;/m10./s1. The smallest absolute Gasteiger partial charge is 0.272 e. The molecule has 3 fully saturated rings. The Morgan fingerprint density at radius 1 is 0.429 bits per heavy atom. The lowest BCUT2D eigenvalue weighted by molar-refractivity contribution is -0.141. The van der Waals surface area contributed by atoms with Gasteiger partial charge in [0.25, 0.3) is 34.4 Å². The molecule has 0 spiro atoms. The fourth-order valence-electron chi connectivity index (χ4n) is 9.02. The molecular weight excluding hydrogens is 1170 g/mol. The first-order chi connectivity index (χ1) is 38.9. The van der Waals surface area contributed by atoms with Gasteiger partial charge in [-0.3, -0.25) is 41.6 Å². The highest BCUT2D eigenvalue weighted by molar-refractivity contribution is 5.68. The van der Waals surface area contributed by atoms with Crippen molar-refractivity contribution in [3.63, 3.8) is 0 Å². The average molecular weight is 1210 g/mol. The van der Waals surface area contributed by atoms with Crippen molar-refractivity contribution in [2.45, 2.75) is 96.0 Å². The second-order valence-corrected chi connectivity index (χ2v) is 20.4. The maximum atomic E-state index is 13.8. The van der Waals surface area contributed by atoms with Gasteiger partial charge in [0.2, 0.25) is 0 Å². The third-order valence-corrected chi connectivity index (χ3v) is 14.0. The fourth-order valence-corrected chi connectivity index (χ4v) is 9.02. The molecule has 0 radical (unpaired) electrons. The zero-order valence-electron chi connectivity index (χ0n) is 42.8. The van der Waals surface area contributed by atoms with Gasteiger partial charge in [-0.2, -0.15) is 54.8 Å². The maximum Gasteiger partial charge on any atom is 0.434 e. The summed E-state index contributed by atoms with van der Waals surface area (Å²) in [5.41, 5.74) is -11.8. The van der Waals surface area contributed by atoms with Crippen LogP contribution in [0.2, 0.25) is 0 Å². The Bertz CT molecular complexity index is 3870. The highest BCUT2D eigenvalue weighted by atomic mass is 19.4. The molecule has 9 aromatic heterocycles. The molecule has 33 heteroatoms. The van der Waals surface area contributed by atoms with Crippen LogP contribution in [0.5, 0.6) is 0 Å². The summed E-state index contributed by atoms with van der Waals surface area (Å²) in [7, 11) is 0. The summed E-state index contributed by atoms with van der Waals surface area (Å²) in [5.74, 6) is -13.6. The molecule has 9 heterocycles. The highest BCUT2D eigenvalue weighted by Gasteiger charge is 2.58. The van der Waals surface area contributed by atoms with Gasteiger partial charge in [-0.1, -0.05) is 0 Å². The Balaban J connectivity index is 0.000000140. The number of nitrogens with zero attached hydrogens (tertiary/aromatic N) is 12. The van der Waals surface area contributed by atoms with E-state index >= 15 is 0 Å². The summed E-state index contributed by atoms with van der Waals surface area (Å²) >= 11 is 0. The first-order valence-corrected chi connectivity index (χ1v) is 24.5. The lowest BCUT2D eigenvalue weighted by atomic mass is 10.1. The van der Waals surface area contributed by atoms with Crippen molar-refractivity contribution in [1.82, 2.24) is 57.5 Å². The van der Waals surface area contributed by atoms with E-state index in [0.29, 0.717) is 13.2 Å². The lowest BCUT2D eigenvalue weighted by Crippen LogP contribution is -2.24. The molecule has 9 aromatic rings. The van der Waals surface area contributed by atoms with Gasteiger partial charge >= 0.3 is 18.5 Å². The number of aromatic nitrogens is 12. The largest absolute Gasteiger partial charge is 0.434 e. The van der Waals surface area contributed by atoms with Crippen molar-refractivity contribution in [3.8, 4) is 33.4 Å². The second kappa shape index (κ2) is 20.1. The Morgan fingerprint density at radius 3 is 0.857 bits per heavy atom. The molecule has 15 nitrogen and oxygen atoms in total. The molecule has 0 aromatic carbocycles. The predicted octanol–water partition coefficient (Wildman–Crippen LogP) is 11.0. The molecular formula is C51H36F18N12O3. The van der Waals surface area contributed by atoms with Crippen molar-refractivity contribution in [3.05, 3.63) is 156 Å². The van der Waals surface area contributed by atoms with Crippen LogP contribution >= 0.6 is 0 Å². The summed E-state index contributed by atoms with van der Waals surface area (Å²) in [6.07, 6.45) is -7.39. The topological polar surface area (TPSA) is 157 Å². The molecule has 0 N–H and O–H groups in total. The first-order valence-electron chi connectivity index (χ1n) is 24.5. The quantitative estimate of drug-likeness (QED) is 0.128. The SMILES string of the molecule is Cc1cc2nc(C(F)(F)F)c(-c3cnn(CC4CC4(F)F)c3)c(=O)n2cc1F.Cc1cc2nc(C(F)(F)F)c(-c3cnn(C[C@@H]4CC4(F)F)c3)c(=O)n2cc1F.Cc1cc2nc(C(F)(F)F)c(-c3cnn(C[C@H]4CC4(F)F)c3)c(=O)n2cc1F. The van der Waals surface area contributed by atoms with Gasteiger partial charge in [-0.25, -0.2) is 54.5 Å². The summed E-state index contributed by atoms with van der Waals surface area (Å²) < 4.78 is 247. The Morgan fingerprint density at radius 2 is 0.655 bits per heavy atom. The molecule has 3 saturated carbocycles. The first kappa shape index (κ1) is 58.6. The third kappa shape index (κ3) is 11.5. The molecule has 0 aliphatic heterocycles. The number of hydrogen-bond acceptors (Lipinski definition) is 9. The molecule has 0 saturated heterocycles. The minimum atomic E-state index is -4.96. The Hall–Kier alpha value is -8.55. The van der Waals surface area contributed by atoms with E-state index in [1.54, 1.807) is 0 Å². The number of rotatable bonds is 9. The van der Waals surface area contributed by atoms with E-state index in [9.17, 15) is 93.4 Å². The summed E-state index contributed by atoms with van der Waals surface area (Å²) in [4.78, 5) is 48.6. The Labute approximate surface area is 456 Å². The van der Waals surface area contributed by atoms with E-state index in [1.165, 1.54) is 20.8 Å². The van der Waals surface area contributed by atoms with E-state index in [1.807, 2.05) is 0 Å². The van der Waals surface area contributed by atoms with E-state index in [0.717, 1.165) is 88.0 Å².